The smallest absolute Gasteiger partial charge is 0.388 e. The first-order valence-corrected chi connectivity index (χ1v) is 8.50. The Hall–Kier alpha value is -0.0500. The van der Waals surface area contributed by atoms with Crippen LogP contribution < -0.4 is 0 Å². The van der Waals surface area contributed by atoms with Crippen molar-refractivity contribution in [3.63, 3.8) is 0 Å². The fraction of sp³-hybridized carbons (Fsp3) is 1.00. The summed E-state index contributed by atoms with van der Waals surface area (Å²) in [6.45, 7) is 5.00. The standard InChI is InChI=1S/C12H25O8P/c1-4-5-18-21(16,17)19-6-8-9(13)10(14)11(15)12(20-8)7(2)3/h7-15H,4-6H2,1-3H3,(H,16,17)/t8?,9-,10-,11?,12-/m1/s1. The maximum atomic E-state index is 11.5. The zero-order valence-electron chi connectivity index (χ0n) is 12.5. The summed E-state index contributed by atoms with van der Waals surface area (Å²) < 4.78 is 26.4. The molecule has 9 heteroatoms. The van der Waals surface area contributed by atoms with Crippen LogP contribution >= 0.6 is 7.82 Å². The van der Waals surface area contributed by atoms with E-state index < -0.39 is 44.9 Å². The molecule has 4 N–H and O–H groups in total. The van der Waals surface area contributed by atoms with E-state index in [0.29, 0.717) is 6.42 Å². The van der Waals surface area contributed by atoms with Crippen molar-refractivity contribution >= 4 is 7.82 Å². The van der Waals surface area contributed by atoms with E-state index in [1.165, 1.54) is 0 Å². The van der Waals surface area contributed by atoms with Crippen molar-refractivity contribution in [2.24, 2.45) is 5.92 Å². The minimum absolute atomic E-state index is 0.0673. The highest BCUT2D eigenvalue weighted by atomic mass is 31.2. The highest BCUT2D eigenvalue weighted by Gasteiger charge is 2.45. The number of rotatable bonds is 7. The van der Waals surface area contributed by atoms with Gasteiger partial charge in [0.2, 0.25) is 0 Å². The van der Waals surface area contributed by atoms with Gasteiger partial charge in [0.05, 0.1) is 19.3 Å². The summed E-state index contributed by atoms with van der Waals surface area (Å²) in [5, 5.41) is 29.5. The normalized spacial score (nSPS) is 36.7. The summed E-state index contributed by atoms with van der Waals surface area (Å²) in [6.07, 6.45) is -5.23. The maximum absolute atomic E-state index is 11.5. The van der Waals surface area contributed by atoms with E-state index in [1.807, 2.05) is 0 Å². The van der Waals surface area contributed by atoms with E-state index in [2.05, 4.69) is 4.52 Å². The quantitative estimate of drug-likeness (QED) is 0.483. The van der Waals surface area contributed by atoms with Crippen molar-refractivity contribution in [2.75, 3.05) is 13.2 Å². The topological polar surface area (TPSA) is 126 Å². The molecule has 1 aliphatic rings. The third-order valence-corrected chi connectivity index (χ3v) is 4.25. The van der Waals surface area contributed by atoms with Gasteiger partial charge in [-0.05, 0) is 12.3 Å². The minimum Gasteiger partial charge on any atom is -0.388 e. The van der Waals surface area contributed by atoms with Gasteiger partial charge in [-0.1, -0.05) is 20.8 Å². The predicted octanol–water partition coefficient (Wildman–Crippen LogP) is 0.0361. The summed E-state index contributed by atoms with van der Waals surface area (Å²) in [4.78, 5) is 9.42. The second-order valence-corrected chi connectivity index (χ2v) is 6.91. The van der Waals surface area contributed by atoms with Gasteiger partial charge in [0.1, 0.15) is 24.4 Å². The zero-order chi connectivity index (χ0) is 16.2. The van der Waals surface area contributed by atoms with Gasteiger partial charge in [0.15, 0.2) is 0 Å². The molecule has 1 aliphatic heterocycles. The molecule has 1 heterocycles. The van der Waals surface area contributed by atoms with Crippen LogP contribution in [0.25, 0.3) is 0 Å². The molecule has 21 heavy (non-hydrogen) atoms. The fourth-order valence-electron chi connectivity index (χ4n) is 2.08. The van der Waals surface area contributed by atoms with Gasteiger partial charge < -0.3 is 24.9 Å². The summed E-state index contributed by atoms with van der Waals surface area (Å²) in [7, 11) is -4.22. The van der Waals surface area contributed by atoms with Gasteiger partial charge in [-0.25, -0.2) is 4.57 Å². The van der Waals surface area contributed by atoms with Crippen LogP contribution in [0.4, 0.5) is 0 Å². The van der Waals surface area contributed by atoms with Crippen LogP contribution in [0.3, 0.4) is 0 Å². The lowest BCUT2D eigenvalue weighted by atomic mass is 9.90. The van der Waals surface area contributed by atoms with E-state index >= 15 is 0 Å². The van der Waals surface area contributed by atoms with E-state index in [4.69, 9.17) is 9.26 Å². The summed E-state index contributed by atoms with van der Waals surface area (Å²) in [5.74, 6) is -0.109. The number of phosphoric ester groups is 1. The Morgan fingerprint density at radius 2 is 1.76 bits per heavy atom. The SMILES string of the molecule is CCCOP(=O)(O)OCC1O[C@H](C(C)C)C(O)[C@H](O)[C@@H]1O. The first-order chi connectivity index (χ1) is 9.69. The summed E-state index contributed by atoms with van der Waals surface area (Å²) in [5.41, 5.74) is 0. The van der Waals surface area contributed by atoms with Crippen molar-refractivity contribution in [3.8, 4) is 0 Å². The number of ether oxygens (including phenoxy) is 1. The van der Waals surface area contributed by atoms with Crippen LogP contribution in [0, 0.1) is 5.92 Å². The zero-order valence-corrected chi connectivity index (χ0v) is 13.3. The lowest BCUT2D eigenvalue weighted by Crippen LogP contribution is -2.59. The molecule has 0 saturated carbocycles. The molecule has 0 aromatic heterocycles. The molecule has 0 aromatic carbocycles. The lowest BCUT2D eigenvalue weighted by Gasteiger charge is -2.42. The predicted molar refractivity (Wildman–Crippen MR) is 73.5 cm³/mol. The average molecular weight is 328 g/mol. The van der Waals surface area contributed by atoms with Crippen LogP contribution in [0.1, 0.15) is 27.2 Å². The molecule has 1 saturated heterocycles. The highest BCUT2D eigenvalue weighted by molar-refractivity contribution is 7.47. The Labute approximate surface area is 124 Å². The molecule has 126 valence electrons. The third-order valence-electron chi connectivity index (χ3n) is 3.27. The average Bonchev–Trinajstić information content (AvgIpc) is 2.41. The molecular formula is C12H25O8P. The molecule has 0 aromatic rings. The van der Waals surface area contributed by atoms with Crippen LogP contribution in [0.15, 0.2) is 0 Å². The molecule has 6 atom stereocenters. The fourth-order valence-corrected chi connectivity index (χ4v) is 2.90. The second kappa shape index (κ2) is 7.99. The van der Waals surface area contributed by atoms with Gasteiger partial charge in [0, 0.05) is 0 Å². The molecular weight excluding hydrogens is 303 g/mol. The first kappa shape index (κ1) is 19.0. The number of hydrogen-bond donors (Lipinski definition) is 4. The second-order valence-electron chi connectivity index (χ2n) is 5.45. The van der Waals surface area contributed by atoms with E-state index in [9.17, 15) is 24.8 Å². The van der Waals surface area contributed by atoms with Crippen LogP contribution in [-0.2, 0) is 18.3 Å². The Morgan fingerprint density at radius 1 is 1.14 bits per heavy atom. The molecule has 3 unspecified atom stereocenters. The molecule has 0 aliphatic carbocycles. The Kier molecular flexibility index (Phi) is 7.23. The van der Waals surface area contributed by atoms with Crippen LogP contribution in [-0.4, -0.2) is 63.9 Å². The van der Waals surface area contributed by atoms with Gasteiger partial charge >= 0.3 is 7.82 Å². The molecule has 0 amide bonds. The Bertz CT molecular complexity index is 363. The van der Waals surface area contributed by atoms with Crippen molar-refractivity contribution < 1.29 is 38.6 Å². The van der Waals surface area contributed by atoms with Crippen molar-refractivity contribution in [2.45, 2.75) is 57.7 Å². The number of phosphoric acid groups is 1. The summed E-state index contributed by atoms with van der Waals surface area (Å²) in [6, 6.07) is 0. The molecule has 0 bridgehead atoms. The van der Waals surface area contributed by atoms with E-state index in [-0.39, 0.29) is 12.5 Å². The highest BCUT2D eigenvalue weighted by Crippen LogP contribution is 2.44. The van der Waals surface area contributed by atoms with Crippen molar-refractivity contribution in [1.29, 1.82) is 0 Å². The molecule has 0 radical (unpaired) electrons. The molecule has 1 fully saturated rings. The molecule has 1 rings (SSSR count). The maximum Gasteiger partial charge on any atom is 0.472 e. The lowest BCUT2D eigenvalue weighted by molar-refractivity contribution is -0.237. The van der Waals surface area contributed by atoms with Gasteiger partial charge in [-0.15, -0.1) is 0 Å². The Balaban J connectivity index is 2.63. The Morgan fingerprint density at radius 3 is 2.29 bits per heavy atom. The van der Waals surface area contributed by atoms with Crippen molar-refractivity contribution in [3.05, 3.63) is 0 Å². The van der Waals surface area contributed by atoms with E-state index in [0.717, 1.165) is 0 Å². The van der Waals surface area contributed by atoms with E-state index in [1.54, 1.807) is 20.8 Å². The van der Waals surface area contributed by atoms with Crippen molar-refractivity contribution in [1.82, 2.24) is 0 Å². The van der Waals surface area contributed by atoms with Gasteiger partial charge in [0.25, 0.3) is 0 Å². The number of aliphatic hydroxyl groups excluding tert-OH is 3. The molecule has 8 nitrogen and oxygen atoms in total. The van der Waals surface area contributed by atoms with Crippen LogP contribution in [0.2, 0.25) is 0 Å². The minimum atomic E-state index is -4.22. The van der Waals surface area contributed by atoms with Gasteiger partial charge in [-0.2, -0.15) is 0 Å². The largest absolute Gasteiger partial charge is 0.472 e. The first-order valence-electron chi connectivity index (χ1n) is 7.01. The summed E-state index contributed by atoms with van der Waals surface area (Å²) >= 11 is 0. The third kappa shape index (κ3) is 5.26. The number of hydrogen-bond acceptors (Lipinski definition) is 7. The molecule has 0 spiro atoms. The van der Waals surface area contributed by atoms with Gasteiger partial charge in [-0.3, -0.25) is 9.05 Å². The monoisotopic (exact) mass is 328 g/mol. The number of aliphatic hydroxyl groups is 3. The van der Waals surface area contributed by atoms with Crippen LogP contribution in [0.5, 0.6) is 0 Å².